The van der Waals surface area contributed by atoms with E-state index < -0.39 is 72.7 Å². The lowest BCUT2D eigenvalue weighted by molar-refractivity contribution is -0.118. The summed E-state index contributed by atoms with van der Waals surface area (Å²) in [4.78, 5) is 39.6. The van der Waals surface area contributed by atoms with Gasteiger partial charge in [0.25, 0.3) is 0 Å². The van der Waals surface area contributed by atoms with Crippen molar-refractivity contribution in [2.24, 2.45) is 5.41 Å². The van der Waals surface area contributed by atoms with Crippen LogP contribution >= 0.6 is 30.6 Å². The monoisotopic (exact) mass is 1090 g/mol. The van der Waals surface area contributed by atoms with Crippen molar-refractivity contribution >= 4 is 54.3 Å². The van der Waals surface area contributed by atoms with Gasteiger partial charge in [-0.25, -0.2) is 18.4 Å². The van der Waals surface area contributed by atoms with Crippen LogP contribution in [0.2, 0.25) is 10.0 Å². The zero-order valence-corrected chi connectivity index (χ0v) is 44.4. The maximum Gasteiger partial charge on any atom is 0.511 e. The van der Waals surface area contributed by atoms with E-state index in [0.717, 1.165) is 17.2 Å². The first-order valence-corrected chi connectivity index (χ1v) is 26.8. The highest BCUT2D eigenvalue weighted by Gasteiger charge is 2.61. The number of nitrogens with zero attached hydrogens (tertiary/aromatic N) is 1. The summed E-state index contributed by atoms with van der Waals surface area (Å²) in [6.07, 6.45) is -0.213. The van der Waals surface area contributed by atoms with Gasteiger partial charge < -0.3 is 48.3 Å². The van der Waals surface area contributed by atoms with E-state index in [1.165, 1.54) is 55.6 Å². The lowest BCUT2D eigenvalue weighted by Crippen LogP contribution is -2.45. The van der Waals surface area contributed by atoms with E-state index in [0.29, 0.717) is 18.9 Å². The molecule has 0 unspecified atom stereocenters. The van der Waals surface area contributed by atoms with Crippen LogP contribution in [-0.2, 0) is 60.0 Å². The van der Waals surface area contributed by atoms with Crippen LogP contribution in [0, 0.1) is 28.4 Å². The Morgan fingerprint density at radius 3 is 1.96 bits per heavy atom. The second kappa shape index (κ2) is 27.7. The minimum atomic E-state index is -3.03. The highest BCUT2D eigenvalue weighted by atomic mass is 35.5. The SMILES string of the molecule is COc1cc(C(=O)OCOC(=O)OCCOCCOCCOCCOP(=O)(Cc2ccccc2)Cc2ccccc2)ccc1NC(=O)[C@@H]1N[C@@H](CC(C)(C)C)[C@](C#N)(c2ccc(Cl)cc2F)[C@H]1c1cccc(Cl)c1F. The summed E-state index contributed by atoms with van der Waals surface area (Å²) in [6.45, 7) is 6.30. The summed E-state index contributed by atoms with van der Waals surface area (Å²) >= 11 is 12.4. The lowest BCUT2D eigenvalue weighted by atomic mass is 9.62. The molecule has 5 aromatic carbocycles. The fourth-order valence-corrected chi connectivity index (χ4v) is 11.4. The van der Waals surface area contributed by atoms with E-state index in [4.69, 9.17) is 60.9 Å². The number of hydrogen-bond donors (Lipinski definition) is 2. The first-order valence-electron chi connectivity index (χ1n) is 24.0. The number of carbonyl (C=O) groups is 3. The number of anilines is 1. The highest BCUT2D eigenvalue weighted by Crippen LogP contribution is 2.54. The maximum absolute atomic E-state index is 16.1. The van der Waals surface area contributed by atoms with Crippen molar-refractivity contribution in [3.05, 3.63) is 165 Å². The number of carbonyl (C=O) groups excluding carboxylic acids is 3. The molecule has 20 heteroatoms. The van der Waals surface area contributed by atoms with Gasteiger partial charge in [-0.1, -0.05) is 123 Å². The Morgan fingerprint density at radius 1 is 0.760 bits per heavy atom. The Hall–Kier alpha value is -5.93. The van der Waals surface area contributed by atoms with Crippen LogP contribution < -0.4 is 15.4 Å². The Labute approximate surface area is 445 Å². The molecule has 400 valence electrons. The molecule has 0 aromatic heterocycles. The van der Waals surface area contributed by atoms with E-state index in [-0.39, 0.29) is 90.8 Å². The van der Waals surface area contributed by atoms with Crippen molar-refractivity contribution in [2.75, 3.05) is 72.1 Å². The van der Waals surface area contributed by atoms with Gasteiger partial charge in [0, 0.05) is 22.5 Å². The topological polar surface area (TPSA) is 190 Å². The number of methoxy groups -OCH3 is 1. The lowest BCUT2D eigenvalue weighted by Gasteiger charge is -2.37. The molecule has 1 fully saturated rings. The third kappa shape index (κ3) is 16.3. The van der Waals surface area contributed by atoms with Gasteiger partial charge in [-0.3, -0.25) is 9.36 Å². The van der Waals surface area contributed by atoms with Gasteiger partial charge >= 0.3 is 12.1 Å². The van der Waals surface area contributed by atoms with E-state index >= 15 is 8.78 Å². The molecule has 2 N–H and O–H groups in total. The van der Waals surface area contributed by atoms with E-state index in [1.54, 1.807) is 0 Å². The van der Waals surface area contributed by atoms with E-state index in [9.17, 15) is 24.2 Å². The van der Waals surface area contributed by atoms with E-state index in [2.05, 4.69) is 16.7 Å². The maximum atomic E-state index is 16.1. The molecule has 4 atom stereocenters. The van der Waals surface area contributed by atoms with Crippen LogP contribution in [0.1, 0.15) is 65.7 Å². The molecule has 6 rings (SSSR count). The van der Waals surface area contributed by atoms with Crippen LogP contribution in [-0.4, -0.2) is 96.9 Å². The number of ether oxygens (including phenoxy) is 7. The van der Waals surface area contributed by atoms with Gasteiger partial charge in [0.1, 0.15) is 29.4 Å². The van der Waals surface area contributed by atoms with Crippen molar-refractivity contribution in [1.29, 1.82) is 5.26 Å². The predicted octanol–water partition coefficient (Wildman–Crippen LogP) is 11.3. The molecule has 15 nitrogen and oxygen atoms in total. The molecule has 0 radical (unpaired) electrons. The van der Waals surface area contributed by atoms with Crippen molar-refractivity contribution in [3.63, 3.8) is 0 Å². The van der Waals surface area contributed by atoms with Crippen molar-refractivity contribution in [2.45, 2.75) is 62.9 Å². The zero-order chi connectivity index (χ0) is 54.0. The summed E-state index contributed by atoms with van der Waals surface area (Å²) in [5, 5.41) is 17.0. The van der Waals surface area contributed by atoms with Crippen LogP contribution in [0.25, 0.3) is 0 Å². The average Bonchev–Trinajstić information content (AvgIpc) is 3.69. The zero-order valence-electron chi connectivity index (χ0n) is 42.0. The van der Waals surface area contributed by atoms with Gasteiger partial charge in [0.15, 0.2) is 0 Å². The molecule has 1 aliphatic rings. The standard InChI is InChI=1S/C55H60Cl2F2N3O12P/c1-54(2,3)32-47-55(35-60,42-20-19-40(56)31-44(42)58)48(41-16-11-17-43(57)49(41)59)50(62-47)51(63)61-45-21-18-39(30-46(45)67-4)52(64)72-36-73-53(65)71-28-26-69-24-22-68-23-25-70-27-29-74-75(66,33-37-12-7-5-8-13-37)34-38-14-9-6-10-15-38/h5-21,30-31,47-48,50,62H,22-29,32-34,36H2,1-4H3,(H,61,63)/t47-,48-,50+,55-/m0/s1. The van der Waals surface area contributed by atoms with Gasteiger partial charge in [-0.2, -0.15) is 5.26 Å². The molecule has 0 spiro atoms. The summed E-state index contributed by atoms with van der Waals surface area (Å²) in [5.74, 6) is -4.63. The molecule has 0 bridgehead atoms. The number of rotatable bonds is 26. The van der Waals surface area contributed by atoms with Crippen LogP contribution in [0.5, 0.6) is 5.75 Å². The molecule has 0 aliphatic carbocycles. The largest absolute Gasteiger partial charge is 0.511 e. The smallest absolute Gasteiger partial charge is 0.495 e. The molecule has 1 aliphatic heterocycles. The molecular weight excluding hydrogens is 1030 g/mol. The van der Waals surface area contributed by atoms with Crippen LogP contribution in [0.15, 0.2) is 115 Å². The molecule has 1 amide bonds. The third-order valence-electron chi connectivity index (χ3n) is 12.1. The number of halogens is 4. The first kappa shape index (κ1) is 58.3. The van der Waals surface area contributed by atoms with Gasteiger partial charge in [0.05, 0.1) is 94.1 Å². The number of esters is 1. The summed E-state index contributed by atoms with van der Waals surface area (Å²) < 4.78 is 88.9. The van der Waals surface area contributed by atoms with Crippen molar-refractivity contribution in [3.8, 4) is 11.8 Å². The minimum Gasteiger partial charge on any atom is -0.495 e. The summed E-state index contributed by atoms with van der Waals surface area (Å²) in [7, 11) is -1.73. The number of amides is 1. The molecular formula is C55H60Cl2F2N3O12P. The molecule has 75 heavy (non-hydrogen) atoms. The number of hydrogen-bond acceptors (Lipinski definition) is 14. The fourth-order valence-electron chi connectivity index (χ4n) is 8.80. The van der Waals surface area contributed by atoms with E-state index in [1.807, 2.05) is 81.4 Å². The van der Waals surface area contributed by atoms with Crippen molar-refractivity contribution in [1.82, 2.24) is 5.32 Å². The van der Waals surface area contributed by atoms with Gasteiger partial charge in [-0.05, 0) is 64.9 Å². The first-order chi connectivity index (χ1) is 36.0. The van der Waals surface area contributed by atoms with Gasteiger partial charge in [-0.15, -0.1) is 0 Å². The predicted molar refractivity (Wildman–Crippen MR) is 278 cm³/mol. The van der Waals surface area contributed by atoms with Crippen molar-refractivity contribution < 1.29 is 65.4 Å². The second-order valence-electron chi connectivity index (χ2n) is 18.7. The second-order valence-corrected chi connectivity index (χ2v) is 22.0. The number of nitriles is 1. The minimum absolute atomic E-state index is 0.0194. The molecule has 0 saturated carbocycles. The Balaban J connectivity index is 0.921. The summed E-state index contributed by atoms with van der Waals surface area (Å²) in [6, 6.07) is 31.3. The third-order valence-corrected chi connectivity index (χ3v) is 14.9. The summed E-state index contributed by atoms with van der Waals surface area (Å²) in [5.41, 5.74) is -0.550. The van der Waals surface area contributed by atoms with Crippen LogP contribution in [0.3, 0.4) is 0 Å². The Morgan fingerprint density at radius 2 is 1.37 bits per heavy atom. The average molecular weight is 1090 g/mol. The normalized spacial score (nSPS) is 17.5. The molecule has 1 heterocycles. The highest BCUT2D eigenvalue weighted by molar-refractivity contribution is 7.57. The quantitative estimate of drug-likeness (QED) is 0.0230. The van der Waals surface area contributed by atoms with Gasteiger partial charge in [0.2, 0.25) is 20.1 Å². The Kier molecular flexibility index (Phi) is 21.6. The number of nitrogens with one attached hydrogen (secondary N) is 2. The van der Waals surface area contributed by atoms with Crippen LogP contribution in [0.4, 0.5) is 19.3 Å². The number of benzene rings is 5. The Bertz CT molecular complexity index is 2760. The molecule has 1 saturated heterocycles. The molecule has 5 aromatic rings. The fraction of sp³-hybridized carbons (Fsp3) is 0.382.